The molecule has 3 rings (SSSR count). The van der Waals surface area contributed by atoms with Gasteiger partial charge in [0.2, 0.25) is 0 Å². The number of halogens is 3. The number of hydrogen-bond donors (Lipinski definition) is 0. The van der Waals surface area contributed by atoms with Crippen molar-refractivity contribution in [3.8, 4) is 12.1 Å². The van der Waals surface area contributed by atoms with E-state index in [4.69, 9.17) is 11.6 Å². The van der Waals surface area contributed by atoms with Crippen molar-refractivity contribution < 1.29 is 8.78 Å². The molecule has 1 aliphatic rings. The summed E-state index contributed by atoms with van der Waals surface area (Å²) in [5, 5.41) is 18.4. The number of allylic oxidation sites excluding steroid dienone is 1. The number of fused-ring (bicyclic) bond motifs is 1. The fourth-order valence-corrected chi connectivity index (χ4v) is 3.35. The average molecular weight is 341 g/mol. The standard InChI is InChI=1S/C19H11ClF2N2/c1-10-15(7-17(22)19(20)16(10)9-24)14-4-2-3-11-5-13(21)6-12(8-23)18(11)14/h4-7H,2-3H2,1H3. The Morgan fingerprint density at radius 2 is 1.88 bits per heavy atom. The first-order valence-electron chi connectivity index (χ1n) is 7.30. The fourth-order valence-electron chi connectivity index (χ4n) is 3.12. The summed E-state index contributed by atoms with van der Waals surface area (Å²) in [6.07, 6.45) is 3.13. The van der Waals surface area contributed by atoms with Crippen LogP contribution in [-0.4, -0.2) is 0 Å². The van der Waals surface area contributed by atoms with Crippen molar-refractivity contribution in [1.82, 2.24) is 0 Å². The van der Waals surface area contributed by atoms with E-state index >= 15 is 0 Å². The Balaban J connectivity index is 2.32. The molecule has 2 aromatic carbocycles. The molecule has 0 fully saturated rings. The lowest BCUT2D eigenvalue weighted by molar-refractivity contribution is 0.623. The molecule has 0 saturated heterocycles. The molecule has 0 N–H and O–H groups in total. The van der Waals surface area contributed by atoms with E-state index < -0.39 is 11.6 Å². The molecule has 0 radical (unpaired) electrons. The predicted octanol–water partition coefficient (Wildman–Crippen LogP) is 5.05. The van der Waals surface area contributed by atoms with Gasteiger partial charge in [-0.15, -0.1) is 0 Å². The summed E-state index contributed by atoms with van der Waals surface area (Å²) in [6.45, 7) is 1.68. The van der Waals surface area contributed by atoms with E-state index in [-0.39, 0.29) is 16.1 Å². The van der Waals surface area contributed by atoms with Crippen LogP contribution in [0.25, 0.3) is 5.57 Å². The molecule has 0 unspecified atom stereocenters. The molecule has 0 aliphatic heterocycles. The summed E-state index contributed by atoms with van der Waals surface area (Å²) < 4.78 is 27.8. The molecule has 0 aromatic heterocycles. The Labute approximate surface area is 143 Å². The highest BCUT2D eigenvalue weighted by molar-refractivity contribution is 6.32. The molecule has 0 atom stereocenters. The fraction of sp³-hybridized carbons (Fsp3) is 0.158. The van der Waals surface area contributed by atoms with Crippen LogP contribution in [0.3, 0.4) is 0 Å². The summed E-state index contributed by atoms with van der Waals surface area (Å²) in [7, 11) is 0. The molecule has 2 nitrogen and oxygen atoms in total. The van der Waals surface area contributed by atoms with Crippen molar-refractivity contribution in [3.05, 3.63) is 74.3 Å². The SMILES string of the molecule is Cc1c(C2=CCCc3cc(F)cc(C#N)c32)cc(F)c(Cl)c1C#N. The number of aryl methyl sites for hydroxylation is 1. The minimum Gasteiger partial charge on any atom is -0.207 e. The van der Waals surface area contributed by atoms with E-state index in [0.717, 1.165) is 0 Å². The highest BCUT2D eigenvalue weighted by Gasteiger charge is 2.23. The number of rotatable bonds is 1. The summed E-state index contributed by atoms with van der Waals surface area (Å²) in [6, 6.07) is 7.76. The third-order valence-electron chi connectivity index (χ3n) is 4.22. The zero-order chi connectivity index (χ0) is 17.4. The van der Waals surface area contributed by atoms with Gasteiger partial charge < -0.3 is 0 Å². The van der Waals surface area contributed by atoms with Gasteiger partial charge in [-0.25, -0.2) is 8.78 Å². The van der Waals surface area contributed by atoms with E-state index in [2.05, 4.69) is 0 Å². The molecule has 0 bridgehead atoms. The number of nitriles is 2. The van der Waals surface area contributed by atoms with Gasteiger partial charge in [0, 0.05) is 5.56 Å². The van der Waals surface area contributed by atoms with Crippen LogP contribution in [0.2, 0.25) is 5.02 Å². The molecule has 0 saturated carbocycles. The van der Waals surface area contributed by atoms with Crippen molar-refractivity contribution >= 4 is 17.2 Å². The van der Waals surface area contributed by atoms with Crippen LogP contribution in [0.5, 0.6) is 0 Å². The van der Waals surface area contributed by atoms with E-state index in [1.54, 1.807) is 6.92 Å². The van der Waals surface area contributed by atoms with Gasteiger partial charge in [0.25, 0.3) is 0 Å². The molecule has 0 heterocycles. The molecule has 2 aromatic rings. The van der Waals surface area contributed by atoms with Crippen molar-refractivity contribution in [1.29, 1.82) is 10.5 Å². The van der Waals surface area contributed by atoms with Crippen LogP contribution in [0.15, 0.2) is 24.3 Å². The Kier molecular flexibility index (Phi) is 4.09. The lowest BCUT2D eigenvalue weighted by atomic mass is 9.82. The third kappa shape index (κ3) is 2.46. The smallest absolute Gasteiger partial charge is 0.143 e. The van der Waals surface area contributed by atoms with Gasteiger partial charge in [-0.05, 0) is 60.2 Å². The number of benzene rings is 2. The molecule has 5 heteroatoms. The van der Waals surface area contributed by atoms with Gasteiger partial charge in [-0.2, -0.15) is 10.5 Å². The largest absolute Gasteiger partial charge is 0.207 e. The van der Waals surface area contributed by atoms with Crippen LogP contribution in [0, 0.1) is 41.2 Å². The normalized spacial score (nSPS) is 12.8. The van der Waals surface area contributed by atoms with Crippen molar-refractivity contribution in [2.45, 2.75) is 19.8 Å². The first-order chi connectivity index (χ1) is 11.5. The highest BCUT2D eigenvalue weighted by Crippen LogP contribution is 2.38. The second-order valence-electron chi connectivity index (χ2n) is 5.59. The van der Waals surface area contributed by atoms with Gasteiger partial charge >= 0.3 is 0 Å². The minimum absolute atomic E-state index is 0.0697. The maximum Gasteiger partial charge on any atom is 0.143 e. The zero-order valence-electron chi connectivity index (χ0n) is 12.8. The molecule has 0 spiro atoms. The number of hydrogen-bond acceptors (Lipinski definition) is 2. The Hall–Kier alpha value is -2.69. The average Bonchev–Trinajstić information content (AvgIpc) is 2.57. The van der Waals surface area contributed by atoms with Gasteiger partial charge in [0.1, 0.15) is 17.7 Å². The Bertz CT molecular complexity index is 979. The summed E-state index contributed by atoms with van der Waals surface area (Å²) in [4.78, 5) is 0. The van der Waals surface area contributed by atoms with Crippen molar-refractivity contribution in [3.63, 3.8) is 0 Å². The topological polar surface area (TPSA) is 47.6 Å². The molecule has 24 heavy (non-hydrogen) atoms. The van der Waals surface area contributed by atoms with Crippen LogP contribution < -0.4 is 0 Å². The number of nitrogens with zero attached hydrogens (tertiary/aromatic N) is 2. The maximum atomic E-state index is 14.1. The van der Waals surface area contributed by atoms with Gasteiger partial charge in [-0.1, -0.05) is 17.7 Å². The molecular formula is C19H11ClF2N2. The Morgan fingerprint density at radius 1 is 1.12 bits per heavy atom. The molecule has 1 aliphatic carbocycles. The van der Waals surface area contributed by atoms with Gasteiger partial charge in [0.15, 0.2) is 0 Å². The molecule has 118 valence electrons. The Morgan fingerprint density at radius 3 is 2.54 bits per heavy atom. The van der Waals surface area contributed by atoms with Crippen LogP contribution >= 0.6 is 11.6 Å². The van der Waals surface area contributed by atoms with E-state index in [1.165, 1.54) is 18.2 Å². The van der Waals surface area contributed by atoms with Crippen LogP contribution in [-0.2, 0) is 6.42 Å². The van der Waals surface area contributed by atoms with Gasteiger partial charge in [0.05, 0.1) is 22.2 Å². The van der Waals surface area contributed by atoms with Crippen molar-refractivity contribution in [2.75, 3.05) is 0 Å². The third-order valence-corrected chi connectivity index (χ3v) is 4.59. The van der Waals surface area contributed by atoms with Crippen LogP contribution in [0.4, 0.5) is 8.78 Å². The zero-order valence-corrected chi connectivity index (χ0v) is 13.5. The summed E-state index contributed by atoms with van der Waals surface area (Å²) in [5.74, 6) is -1.16. The maximum absolute atomic E-state index is 14.1. The van der Waals surface area contributed by atoms with E-state index in [1.807, 2.05) is 18.2 Å². The quantitative estimate of drug-likeness (QED) is 0.729. The van der Waals surface area contributed by atoms with E-state index in [9.17, 15) is 19.3 Å². The summed E-state index contributed by atoms with van der Waals surface area (Å²) >= 11 is 5.87. The van der Waals surface area contributed by atoms with E-state index in [0.29, 0.717) is 40.7 Å². The van der Waals surface area contributed by atoms with Crippen LogP contribution in [0.1, 0.15) is 39.8 Å². The first-order valence-corrected chi connectivity index (χ1v) is 7.67. The second-order valence-corrected chi connectivity index (χ2v) is 5.97. The lowest BCUT2D eigenvalue weighted by Crippen LogP contribution is -2.07. The lowest BCUT2D eigenvalue weighted by Gasteiger charge is -2.22. The van der Waals surface area contributed by atoms with Gasteiger partial charge in [-0.3, -0.25) is 0 Å². The summed E-state index contributed by atoms with van der Waals surface area (Å²) in [5.41, 5.74) is 3.24. The highest BCUT2D eigenvalue weighted by atomic mass is 35.5. The minimum atomic E-state index is -0.692. The molecular weight excluding hydrogens is 330 g/mol. The predicted molar refractivity (Wildman–Crippen MR) is 87.4 cm³/mol. The second kappa shape index (κ2) is 6.07. The first kappa shape index (κ1) is 16.2. The van der Waals surface area contributed by atoms with Crippen molar-refractivity contribution in [2.24, 2.45) is 0 Å². The molecule has 0 amide bonds. The monoisotopic (exact) mass is 340 g/mol.